The Bertz CT molecular complexity index is 1520. The number of ether oxygens (including phenoxy) is 4. The molecule has 3 aromatic carbocycles. The van der Waals surface area contributed by atoms with Gasteiger partial charge in [0.1, 0.15) is 23.9 Å². The monoisotopic (exact) mass is 585 g/mol. The van der Waals surface area contributed by atoms with Gasteiger partial charge in [-0.05, 0) is 74.5 Å². The van der Waals surface area contributed by atoms with E-state index in [1.165, 1.54) is 7.11 Å². The first kappa shape index (κ1) is 31.1. The van der Waals surface area contributed by atoms with Gasteiger partial charge in [0.2, 0.25) is 11.8 Å². The summed E-state index contributed by atoms with van der Waals surface area (Å²) in [5.74, 6) is 2.16. The molecule has 0 unspecified atom stereocenters. The lowest BCUT2D eigenvalue weighted by Crippen LogP contribution is -2.27. The maximum Gasteiger partial charge on any atom is 0.418 e. The van der Waals surface area contributed by atoms with Crippen LogP contribution >= 0.6 is 0 Å². The van der Waals surface area contributed by atoms with E-state index < -0.39 is 6.09 Å². The van der Waals surface area contributed by atoms with Crippen LogP contribution in [0.15, 0.2) is 66.7 Å². The summed E-state index contributed by atoms with van der Waals surface area (Å²) in [4.78, 5) is 24.5. The summed E-state index contributed by atoms with van der Waals surface area (Å²) in [5, 5.41) is 5.94. The van der Waals surface area contributed by atoms with E-state index >= 15 is 0 Å². The first-order valence-corrected chi connectivity index (χ1v) is 14.2. The van der Waals surface area contributed by atoms with Gasteiger partial charge in [0.15, 0.2) is 0 Å². The van der Waals surface area contributed by atoms with Gasteiger partial charge in [0.25, 0.3) is 0 Å². The number of rotatable bonds is 13. The number of aryl methyl sites for hydroxylation is 1. The van der Waals surface area contributed by atoms with Crippen LogP contribution in [-0.2, 0) is 0 Å². The van der Waals surface area contributed by atoms with Crippen LogP contribution in [0.2, 0.25) is 0 Å². The number of hydrogen-bond acceptors (Lipinski definition) is 9. The summed E-state index contributed by atoms with van der Waals surface area (Å²) in [6.07, 6.45) is -0.730. The smallest absolute Gasteiger partial charge is 0.418 e. The number of aromatic nitrogens is 2. The highest BCUT2D eigenvalue weighted by Gasteiger charge is 2.16. The number of anilines is 3. The van der Waals surface area contributed by atoms with Crippen molar-refractivity contribution in [3.63, 3.8) is 0 Å². The van der Waals surface area contributed by atoms with Crippen molar-refractivity contribution in [2.75, 3.05) is 51.1 Å². The average molecular weight is 586 g/mol. The normalized spacial score (nSPS) is 10.8. The predicted octanol–water partition coefficient (Wildman–Crippen LogP) is 6.85. The second-order valence-corrected chi connectivity index (χ2v) is 9.77. The summed E-state index contributed by atoms with van der Waals surface area (Å²) < 4.78 is 22.2. The molecule has 1 amide bonds. The quantitative estimate of drug-likeness (QED) is 0.174. The maximum atomic E-state index is 12.9. The third-order valence-corrected chi connectivity index (χ3v) is 7.11. The number of carbonyl (C=O) groups excluding carboxylic acids is 1. The van der Waals surface area contributed by atoms with Gasteiger partial charge in [0.05, 0.1) is 25.6 Å². The number of nitrogens with zero attached hydrogens (tertiary/aromatic N) is 3. The second-order valence-electron chi connectivity index (χ2n) is 9.77. The van der Waals surface area contributed by atoms with E-state index in [1.807, 2.05) is 56.3 Å². The molecule has 2 N–H and O–H groups in total. The molecule has 43 heavy (non-hydrogen) atoms. The lowest BCUT2D eigenvalue weighted by Gasteiger charge is -2.18. The van der Waals surface area contributed by atoms with Gasteiger partial charge in [-0.3, -0.25) is 5.32 Å². The van der Waals surface area contributed by atoms with Crippen molar-refractivity contribution in [2.45, 2.75) is 27.7 Å². The molecule has 0 aliphatic heterocycles. The van der Waals surface area contributed by atoms with Gasteiger partial charge < -0.3 is 29.2 Å². The first-order chi connectivity index (χ1) is 20.8. The molecule has 0 saturated heterocycles. The molecule has 4 aromatic rings. The number of carbonyl (C=O) groups is 1. The molecule has 0 atom stereocenters. The van der Waals surface area contributed by atoms with Gasteiger partial charge in [-0.25, -0.2) is 9.78 Å². The van der Waals surface area contributed by atoms with Gasteiger partial charge in [-0.1, -0.05) is 32.0 Å². The zero-order chi connectivity index (χ0) is 30.8. The van der Waals surface area contributed by atoms with Crippen molar-refractivity contribution >= 4 is 23.4 Å². The SMILES string of the molecule is CCN(CC)CCOc1ccc(Nc2nc(OC(=O)Nc3ccc(OC)cc3OC)cc(-c3cccc(C)c3C)n2)cc1. The molecule has 10 heteroatoms. The van der Waals surface area contributed by atoms with Crippen LogP contribution in [0.5, 0.6) is 23.1 Å². The number of amides is 1. The molecule has 0 fully saturated rings. The predicted molar refractivity (Wildman–Crippen MR) is 169 cm³/mol. The molecule has 226 valence electrons. The number of hydrogen-bond donors (Lipinski definition) is 2. The molecule has 4 rings (SSSR count). The molecule has 0 aliphatic rings. The minimum Gasteiger partial charge on any atom is -0.497 e. The maximum absolute atomic E-state index is 12.9. The van der Waals surface area contributed by atoms with Crippen LogP contribution in [0.25, 0.3) is 11.3 Å². The summed E-state index contributed by atoms with van der Waals surface area (Å²) in [7, 11) is 3.07. The molecular formula is C33H39N5O5. The topological polar surface area (TPSA) is 107 Å². The molecule has 10 nitrogen and oxygen atoms in total. The lowest BCUT2D eigenvalue weighted by atomic mass is 10.0. The summed E-state index contributed by atoms with van der Waals surface area (Å²) in [6, 6.07) is 20.3. The van der Waals surface area contributed by atoms with Crippen LogP contribution in [0.3, 0.4) is 0 Å². The molecule has 0 spiro atoms. The average Bonchev–Trinajstić information content (AvgIpc) is 3.01. The summed E-state index contributed by atoms with van der Waals surface area (Å²) in [5.41, 5.74) is 4.89. The Morgan fingerprint density at radius 1 is 0.884 bits per heavy atom. The fraction of sp³-hybridized carbons (Fsp3) is 0.303. The third kappa shape index (κ3) is 8.36. The Balaban J connectivity index is 1.55. The number of methoxy groups -OCH3 is 2. The lowest BCUT2D eigenvalue weighted by molar-refractivity contribution is 0.213. The van der Waals surface area contributed by atoms with Crippen LogP contribution in [0.4, 0.5) is 22.1 Å². The van der Waals surface area contributed by atoms with E-state index in [2.05, 4.69) is 34.4 Å². The molecular weight excluding hydrogens is 546 g/mol. The number of nitrogens with one attached hydrogen (secondary N) is 2. The van der Waals surface area contributed by atoms with Crippen molar-refractivity contribution in [3.05, 3.63) is 77.9 Å². The van der Waals surface area contributed by atoms with Crippen molar-refractivity contribution < 1.29 is 23.7 Å². The molecule has 0 bridgehead atoms. The fourth-order valence-electron chi connectivity index (χ4n) is 4.43. The zero-order valence-corrected chi connectivity index (χ0v) is 25.6. The Kier molecular flexibility index (Phi) is 10.8. The molecule has 0 aliphatic carbocycles. The van der Waals surface area contributed by atoms with E-state index in [9.17, 15) is 4.79 Å². The summed E-state index contributed by atoms with van der Waals surface area (Å²) >= 11 is 0. The van der Waals surface area contributed by atoms with Crippen molar-refractivity contribution in [1.29, 1.82) is 0 Å². The van der Waals surface area contributed by atoms with E-state index in [-0.39, 0.29) is 11.8 Å². The Morgan fingerprint density at radius 2 is 1.63 bits per heavy atom. The van der Waals surface area contributed by atoms with Crippen LogP contribution < -0.4 is 29.6 Å². The third-order valence-electron chi connectivity index (χ3n) is 7.11. The standard InChI is InChI=1S/C33H39N5O5/c1-7-38(8-2)18-19-42-25-14-12-24(13-15-25)34-32-35-29(27-11-9-10-22(3)23(27)4)21-31(37-32)43-33(39)36-28-17-16-26(40-5)20-30(28)41-6/h9-17,20-21H,7-8,18-19H2,1-6H3,(H,36,39)(H,34,35,37). The minimum atomic E-state index is -0.730. The van der Waals surface area contributed by atoms with E-state index in [4.69, 9.17) is 23.9 Å². The molecule has 0 saturated carbocycles. The molecule has 1 heterocycles. The van der Waals surface area contributed by atoms with Crippen LogP contribution in [-0.4, -0.2) is 61.4 Å². The molecule has 0 radical (unpaired) electrons. The largest absolute Gasteiger partial charge is 0.497 e. The van der Waals surface area contributed by atoms with Gasteiger partial charge in [-0.2, -0.15) is 4.98 Å². The summed E-state index contributed by atoms with van der Waals surface area (Å²) in [6.45, 7) is 11.8. The van der Waals surface area contributed by atoms with E-state index in [1.54, 1.807) is 31.4 Å². The molecule has 1 aromatic heterocycles. The van der Waals surface area contributed by atoms with Crippen LogP contribution in [0.1, 0.15) is 25.0 Å². The Labute approximate surface area is 253 Å². The van der Waals surface area contributed by atoms with Crippen LogP contribution in [0, 0.1) is 13.8 Å². The number of likely N-dealkylation sites (N-methyl/N-ethyl adjacent to an activating group) is 1. The van der Waals surface area contributed by atoms with Gasteiger partial charge in [-0.15, -0.1) is 0 Å². The van der Waals surface area contributed by atoms with E-state index in [0.29, 0.717) is 29.5 Å². The number of benzene rings is 3. The van der Waals surface area contributed by atoms with E-state index in [0.717, 1.165) is 47.8 Å². The first-order valence-electron chi connectivity index (χ1n) is 14.2. The zero-order valence-electron chi connectivity index (χ0n) is 25.6. The highest BCUT2D eigenvalue weighted by atomic mass is 16.6. The second kappa shape index (κ2) is 14.9. The van der Waals surface area contributed by atoms with Crippen molar-refractivity contribution in [2.24, 2.45) is 0 Å². The van der Waals surface area contributed by atoms with Crippen molar-refractivity contribution in [1.82, 2.24) is 14.9 Å². The fourth-order valence-corrected chi connectivity index (χ4v) is 4.43. The van der Waals surface area contributed by atoms with Gasteiger partial charge in [0, 0.05) is 29.9 Å². The van der Waals surface area contributed by atoms with Crippen molar-refractivity contribution in [3.8, 4) is 34.4 Å². The highest BCUT2D eigenvalue weighted by molar-refractivity contribution is 5.88. The Morgan fingerprint density at radius 3 is 2.33 bits per heavy atom. The minimum absolute atomic E-state index is 0.0785. The highest BCUT2D eigenvalue weighted by Crippen LogP contribution is 2.31. The van der Waals surface area contributed by atoms with Gasteiger partial charge >= 0.3 is 6.09 Å². The Hall–Kier alpha value is -4.83.